The summed E-state index contributed by atoms with van der Waals surface area (Å²) in [5, 5.41) is 0. The predicted molar refractivity (Wildman–Crippen MR) is 78.5 cm³/mol. The van der Waals surface area contributed by atoms with Gasteiger partial charge in [0.1, 0.15) is 11.9 Å². The van der Waals surface area contributed by atoms with E-state index in [0.717, 1.165) is 26.3 Å². The van der Waals surface area contributed by atoms with Crippen LogP contribution in [0.1, 0.15) is 0 Å². The van der Waals surface area contributed by atoms with E-state index in [-0.39, 0.29) is 23.9 Å². The van der Waals surface area contributed by atoms with Crippen LogP contribution in [0.25, 0.3) is 0 Å². The number of ether oxygens (including phenoxy) is 2. The zero-order valence-electron chi connectivity index (χ0n) is 12.1. The highest BCUT2D eigenvalue weighted by molar-refractivity contribution is 5.90. The Labute approximate surface area is 127 Å². The van der Waals surface area contributed by atoms with Crippen molar-refractivity contribution < 1.29 is 18.7 Å². The third-order valence-electron chi connectivity index (χ3n) is 4.59. The van der Waals surface area contributed by atoms with Crippen LogP contribution in [0.4, 0.5) is 20.6 Å². The van der Waals surface area contributed by atoms with Gasteiger partial charge in [0.15, 0.2) is 0 Å². The highest BCUT2D eigenvalue weighted by Crippen LogP contribution is 2.41. The lowest BCUT2D eigenvalue weighted by Gasteiger charge is -2.56. The zero-order chi connectivity index (χ0) is 15.3. The van der Waals surface area contributed by atoms with E-state index in [0.29, 0.717) is 17.9 Å². The summed E-state index contributed by atoms with van der Waals surface area (Å²) in [6, 6.07) is 4.86. The molecule has 0 saturated carbocycles. The Balaban J connectivity index is 1.50. The summed E-state index contributed by atoms with van der Waals surface area (Å²) in [5.74, 6) is -0.323. The number of nitrogens with zero attached hydrogens (tertiary/aromatic N) is 2. The Kier molecular flexibility index (Phi) is 3.02. The van der Waals surface area contributed by atoms with Crippen molar-refractivity contribution in [3.63, 3.8) is 0 Å². The molecule has 3 heterocycles. The van der Waals surface area contributed by atoms with Crippen molar-refractivity contribution in [2.45, 2.75) is 6.10 Å². The highest BCUT2D eigenvalue weighted by Gasteiger charge is 2.49. The van der Waals surface area contributed by atoms with E-state index in [1.807, 2.05) is 4.90 Å². The molecule has 3 aliphatic rings. The molecule has 6 nitrogen and oxygen atoms in total. The summed E-state index contributed by atoms with van der Waals surface area (Å²) in [5.41, 5.74) is 6.82. The third kappa shape index (κ3) is 2.04. The number of benzene rings is 1. The maximum atomic E-state index is 14.4. The van der Waals surface area contributed by atoms with E-state index in [1.54, 1.807) is 12.1 Å². The molecule has 22 heavy (non-hydrogen) atoms. The van der Waals surface area contributed by atoms with Crippen LogP contribution in [0, 0.1) is 11.2 Å². The quantitative estimate of drug-likeness (QED) is 0.900. The van der Waals surface area contributed by atoms with Gasteiger partial charge in [0.2, 0.25) is 0 Å². The topological polar surface area (TPSA) is 68.0 Å². The fourth-order valence-corrected chi connectivity index (χ4v) is 3.28. The molecule has 1 unspecified atom stereocenters. The Morgan fingerprint density at radius 1 is 1.36 bits per heavy atom. The van der Waals surface area contributed by atoms with Gasteiger partial charge in [-0.15, -0.1) is 0 Å². The Morgan fingerprint density at radius 3 is 2.68 bits per heavy atom. The number of halogens is 1. The molecule has 4 rings (SSSR count). The smallest absolute Gasteiger partial charge is 0.414 e. The molecule has 1 aromatic rings. The number of carbonyl (C=O) groups excluding carboxylic acids is 1. The molecular formula is C15H18FN3O3. The van der Waals surface area contributed by atoms with Crippen molar-refractivity contribution in [2.24, 2.45) is 11.1 Å². The molecule has 118 valence electrons. The number of amides is 1. The first-order valence-electron chi connectivity index (χ1n) is 7.41. The molecule has 0 radical (unpaired) electrons. The predicted octanol–water partition coefficient (Wildman–Crippen LogP) is 0.946. The number of rotatable bonds is 3. The van der Waals surface area contributed by atoms with Crippen molar-refractivity contribution in [2.75, 3.05) is 49.2 Å². The summed E-state index contributed by atoms with van der Waals surface area (Å²) in [4.78, 5) is 15.2. The van der Waals surface area contributed by atoms with Crippen LogP contribution in [0.3, 0.4) is 0 Å². The lowest BCUT2D eigenvalue weighted by Crippen LogP contribution is -2.66. The van der Waals surface area contributed by atoms with Gasteiger partial charge in [0.05, 0.1) is 36.5 Å². The van der Waals surface area contributed by atoms with E-state index in [4.69, 9.17) is 15.2 Å². The van der Waals surface area contributed by atoms with Gasteiger partial charge in [-0.2, -0.15) is 0 Å². The third-order valence-corrected chi connectivity index (χ3v) is 4.59. The van der Waals surface area contributed by atoms with Gasteiger partial charge in [-0.25, -0.2) is 9.18 Å². The average Bonchev–Trinajstić information content (AvgIpc) is 2.78. The standard InChI is InChI=1S/C15H18FN3O3/c16-12-3-10(19-5-11(4-17)22-14(19)20)1-2-13(12)18-6-15(7-18)8-21-9-15/h1-3,11H,4-9,17H2. The molecule has 3 fully saturated rings. The maximum absolute atomic E-state index is 14.4. The molecule has 3 aliphatic heterocycles. The molecule has 2 N–H and O–H groups in total. The van der Waals surface area contributed by atoms with Gasteiger partial charge in [0.25, 0.3) is 0 Å². The lowest BCUT2D eigenvalue weighted by atomic mass is 9.78. The van der Waals surface area contributed by atoms with E-state index < -0.39 is 6.09 Å². The Hall–Kier alpha value is -1.86. The van der Waals surface area contributed by atoms with Crippen LogP contribution in [0.5, 0.6) is 0 Å². The van der Waals surface area contributed by atoms with Crippen molar-refractivity contribution in [3.8, 4) is 0 Å². The zero-order valence-corrected chi connectivity index (χ0v) is 12.1. The van der Waals surface area contributed by atoms with E-state index >= 15 is 0 Å². The fraction of sp³-hybridized carbons (Fsp3) is 0.533. The molecule has 1 aromatic carbocycles. The van der Waals surface area contributed by atoms with Crippen LogP contribution in [-0.2, 0) is 9.47 Å². The lowest BCUT2D eigenvalue weighted by molar-refractivity contribution is -0.127. The number of nitrogens with two attached hydrogens (primary N) is 1. The summed E-state index contributed by atoms with van der Waals surface area (Å²) in [7, 11) is 0. The minimum Gasteiger partial charge on any atom is -0.443 e. The molecule has 7 heteroatoms. The van der Waals surface area contributed by atoms with Crippen LogP contribution in [-0.4, -0.2) is 51.6 Å². The highest BCUT2D eigenvalue weighted by atomic mass is 19.1. The normalized spacial score (nSPS) is 25.9. The number of carbonyl (C=O) groups is 1. The van der Waals surface area contributed by atoms with Gasteiger partial charge < -0.3 is 20.1 Å². The molecule has 1 amide bonds. The number of hydrogen-bond donors (Lipinski definition) is 1. The minimum absolute atomic E-state index is 0.234. The van der Waals surface area contributed by atoms with E-state index in [9.17, 15) is 9.18 Å². The van der Waals surface area contributed by atoms with Gasteiger partial charge in [-0.3, -0.25) is 4.90 Å². The second kappa shape index (κ2) is 4.82. The monoisotopic (exact) mass is 307 g/mol. The van der Waals surface area contributed by atoms with Crippen LogP contribution >= 0.6 is 0 Å². The largest absolute Gasteiger partial charge is 0.443 e. The fourth-order valence-electron chi connectivity index (χ4n) is 3.28. The Bertz CT molecular complexity index is 612. The van der Waals surface area contributed by atoms with Crippen LogP contribution in [0.15, 0.2) is 18.2 Å². The van der Waals surface area contributed by atoms with Gasteiger partial charge in [-0.1, -0.05) is 0 Å². The van der Waals surface area contributed by atoms with Gasteiger partial charge >= 0.3 is 6.09 Å². The molecular weight excluding hydrogens is 289 g/mol. The van der Waals surface area contributed by atoms with Crippen LogP contribution < -0.4 is 15.5 Å². The second-order valence-electron chi connectivity index (χ2n) is 6.34. The Morgan fingerprint density at radius 2 is 2.14 bits per heavy atom. The number of hydrogen-bond acceptors (Lipinski definition) is 5. The van der Waals surface area contributed by atoms with E-state index in [2.05, 4.69) is 0 Å². The van der Waals surface area contributed by atoms with Gasteiger partial charge in [-0.05, 0) is 18.2 Å². The summed E-state index contributed by atoms with van der Waals surface area (Å²) in [6.45, 7) is 3.81. The second-order valence-corrected chi connectivity index (χ2v) is 6.34. The van der Waals surface area contributed by atoms with Crippen molar-refractivity contribution in [1.82, 2.24) is 0 Å². The molecule has 1 atom stereocenters. The molecule has 0 bridgehead atoms. The minimum atomic E-state index is -0.475. The molecule has 0 aliphatic carbocycles. The molecule has 0 aromatic heterocycles. The molecule has 1 spiro atoms. The van der Waals surface area contributed by atoms with Crippen molar-refractivity contribution >= 4 is 17.5 Å². The SMILES string of the molecule is NCC1CN(c2ccc(N3CC4(COC4)C3)c(F)c2)C(=O)O1. The van der Waals surface area contributed by atoms with Gasteiger partial charge in [0, 0.05) is 19.6 Å². The van der Waals surface area contributed by atoms with Crippen LogP contribution in [0.2, 0.25) is 0 Å². The first-order valence-corrected chi connectivity index (χ1v) is 7.41. The molecule has 3 saturated heterocycles. The van der Waals surface area contributed by atoms with Crippen molar-refractivity contribution in [3.05, 3.63) is 24.0 Å². The first-order chi connectivity index (χ1) is 10.6. The summed E-state index contributed by atoms with van der Waals surface area (Å²) < 4.78 is 24.7. The summed E-state index contributed by atoms with van der Waals surface area (Å²) in [6.07, 6.45) is -0.804. The number of cyclic esters (lactones) is 1. The van der Waals surface area contributed by atoms with Crippen molar-refractivity contribution in [1.29, 1.82) is 0 Å². The van der Waals surface area contributed by atoms with E-state index in [1.165, 1.54) is 11.0 Å². The average molecular weight is 307 g/mol. The maximum Gasteiger partial charge on any atom is 0.414 e. The number of anilines is 2. The first kappa shape index (κ1) is 13.8. The summed E-state index contributed by atoms with van der Waals surface area (Å²) >= 11 is 0.